The molecule has 11 heteroatoms. The molecule has 1 heterocycles. The molecule has 156 valence electrons. The molecule has 0 unspecified atom stereocenters. The molecular weight excluding hydrogens is 449 g/mol. The van der Waals surface area contributed by atoms with Crippen molar-refractivity contribution in [3.05, 3.63) is 70.0 Å². The predicted octanol–water partition coefficient (Wildman–Crippen LogP) is 3.25. The molecule has 2 aromatic carbocycles. The summed E-state index contributed by atoms with van der Waals surface area (Å²) in [4.78, 5) is 24.0. The Morgan fingerprint density at radius 2 is 1.63 bits per heavy atom. The summed E-state index contributed by atoms with van der Waals surface area (Å²) in [5.41, 5.74) is 5.09. The Morgan fingerprint density at radius 3 is 2.30 bits per heavy atom. The van der Waals surface area contributed by atoms with Crippen LogP contribution in [0.3, 0.4) is 0 Å². The first kappa shape index (κ1) is 21.9. The summed E-state index contributed by atoms with van der Waals surface area (Å²) < 4.78 is 7.39. The molecule has 0 bridgehead atoms. The SMILES string of the molecule is Cn1c(COc2ccc(Cl)cc2)nnc1SCC(=O)NNC(=O)c1ccc(Cl)cc1. The second kappa shape index (κ2) is 10.3. The molecule has 0 aliphatic carbocycles. The van der Waals surface area contributed by atoms with Gasteiger partial charge < -0.3 is 9.30 Å². The Bertz CT molecular complexity index is 1030. The molecule has 0 radical (unpaired) electrons. The molecule has 2 N–H and O–H groups in total. The highest BCUT2D eigenvalue weighted by Gasteiger charge is 2.13. The van der Waals surface area contributed by atoms with Crippen molar-refractivity contribution in [1.29, 1.82) is 0 Å². The van der Waals surface area contributed by atoms with Gasteiger partial charge in [0, 0.05) is 22.7 Å². The quantitative estimate of drug-likeness (QED) is 0.410. The summed E-state index contributed by atoms with van der Waals surface area (Å²) in [6.07, 6.45) is 0. The Morgan fingerprint density at radius 1 is 1.00 bits per heavy atom. The average Bonchev–Trinajstić information content (AvgIpc) is 3.10. The second-order valence-corrected chi connectivity index (χ2v) is 7.81. The minimum absolute atomic E-state index is 0.0465. The zero-order valence-electron chi connectivity index (χ0n) is 15.8. The third kappa shape index (κ3) is 6.12. The summed E-state index contributed by atoms with van der Waals surface area (Å²) in [6.45, 7) is 0.217. The number of carbonyl (C=O) groups is 2. The lowest BCUT2D eigenvalue weighted by Gasteiger charge is -2.08. The standard InChI is InChI=1S/C19H17Cl2N5O3S/c1-26-16(10-29-15-8-6-14(21)7-9-15)22-25-19(26)30-11-17(27)23-24-18(28)12-2-4-13(20)5-3-12/h2-9H,10-11H2,1H3,(H,23,27)(H,24,28). The number of carbonyl (C=O) groups excluding carboxylic acids is 2. The van der Waals surface area contributed by atoms with Gasteiger partial charge in [-0.05, 0) is 48.5 Å². The maximum absolute atomic E-state index is 12.0. The van der Waals surface area contributed by atoms with Crippen molar-refractivity contribution in [1.82, 2.24) is 25.6 Å². The molecule has 3 aromatic rings. The van der Waals surface area contributed by atoms with E-state index in [1.165, 1.54) is 11.8 Å². The summed E-state index contributed by atoms with van der Waals surface area (Å²) in [5, 5.41) is 9.83. The van der Waals surface area contributed by atoms with E-state index in [9.17, 15) is 9.59 Å². The van der Waals surface area contributed by atoms with Gasteiger partial charge in [-0.25, -0.2) is 0 Å². The number of ether oxygens (including phenoxy) is 1. The van der Waals surface area contributed by atoms with Crippen molar-refractivity contribution >= 4 is 46.8 Å². The zero-order valence-corrected chi connectivity index (χ0v) is 18.1. The van der Waals surface area contributed by atoms with Crippen molar-refractivity contribution in [2.45, 2.75) is 11.8 Å². The number of rotatable bonds is 7. The first-order chi connectivity index (χ1) is 14.4. The van der Waals surface area contributed by atoms with E-state index >= 15 is 0 Å². The van der Waals surface area contributed by atoms with Crippen LogP contribution in [0.5, 0.6) is 5.75 Å². The zero-order chi connectivity index (χ0) is 21.5. The molecule has 0 atom stereocenters. The highest BCUT2D eigenvalue weighted by atomic mass is 35.5. The molecule has 2 amide bonds. The molecule has 30 heavy (non-hydrogen) atoms. The van der Waals surface area contributed by atoms with Gasteiger partial charge in [-0.3, -0.25) is 20.4 Å². The fraction of sp³-hybridized carbons (Fsp3) is 0.158. The van der Waals surface area contributed by atoms with E-state index in [1.807, 2.05) is 0 Å². The maximum atomic E-state index is 12.0. The average molecular weight is 466 g/mol. The Hall–Kier alpha value is -2.75. The smallest absolute Gasteiger partial charge is 0.269 e. The van der Waals surface area contributed by atoms with Gasteiger partial charge in [0.25, 0.3) is 5.91 Å². The fourth-order valence-corrected chi connectivity index (χ4v) is 3.22. The number of hydrazine groups is 1. The van der Waals surface area contributed by atoms with Crippen molar-refractivity contribution in [2.24, 2.45) is 7.05 Å². The molecule has 0 fully saturated rings. The summed E-state index contributed by atoms with van der Waals surface area (Å²) in [5.74, 6) is 0.483. The number of hydrogen-bond acceptors (Lipinski definition) is 6. The van der Waals surface area contributed by atoms with Gasteiger partial charge >= 0.3 is 0 Å². The maximum Gasteiger partial charge on any atom is 0.269 e. The topological polar surface area (TPSA) is 98.1 Å². The molecule has 0 aliphatic rings. The Labute approximate surface area is 186 Å². The number of benzene rings is 2. The van der Waals surface area contributed by atoms with E-state index in [2.05, 4.69) is 21.0 Å². The normalized spacial score (nSPS) is 10.5. The van der Waals surface area contributed by atoms with Gasteiger partial charge in [-0.1, -0.05) is 35.0 Å². The van der Waals surface area contributed by atoms with E-state index in [4.69, 9.17) is 27.9 Å². The molecular formula is C19H17Cl2N5O3S. The highest BCUT2D eigenvalue weighted by Crippen LogP contribution is 2.19. The lowest BCUT2D eigenvalue weighted by molar-refractivity contribution is -0.119. The van der Waals surface area contributed by atoms with E-state index in [-0.39, 0.29) is 18.3 Å². The van der Waals surface area contributed by atoms with Gasteiger partial charge in [0.1, 0.15) is 12.4 Å². The molecule has 8 nitrogen and oxygen atoms in total. The van der Waals surface area contributed by atoms with Crippen LogP contribution in [-0.4, -0.2) is 32.3 Å². The fourth-order valence-electron chi connectivity index (χ4n) is 2.24. The minimum atomic E-state index is -0.440. The predicted molar refractivity (Wildman–Crippen MR) is 115 cm³/mol. The minimum Gasteiger partial charge on any atom is -0.486 e. The third-order valence-corrected chi connectivity index (χ3v) is 5.39. The molecule has 0 aliphatic heterocycles. The van der Waals surface area contributed by atoms with Crippen LogP contribution in [-0.2, 0) is 18.4 Å². The van der Waals surface area contributed by atoms with Gasteiger partial charge in [0.15, 0.2) is 11.0 Å². The van der Waals surface area contributed by atoms with Crippen molar-refractivity contribution in [3.63, 3.8) is 0 Å². The van der Waals surface area contributed by atoms with E-state index < -0.39 is 5.91 Å². The lowest BCUT2D eigenvalue weighted by Crippen LogP contribution is -2.42. The third-order valence-electron chi connectivity index (χ3n) is 3.86. The lowest BCUT2D eigenvalue weighted by atomic mass is 10.2. The van der Waals surface area contributed by atoms with Gasteiger partial charge in [-0.15, -0.1) is 10.2 Å². The summed E-state index contributed by atoms with van der Waals surface area (Å²) in [6, 6.07) is 13.3. The van der Waals surface area contributed by atoms with Crippen LogP contribution in [0.1, 0.15) is 16.2 Å². The Kier molecular flexibility index (Phi) is 7.56. The number of halogens is 2. The summed E-state index contributed by atoms with van der Waals surface area (Å²) >= 11 is 12.8. The van der Waals surface area contributed by atoms with Crippen LogP contribution in [0, 0.1) is 0 Å². The van der Waals surface area contributed by atoms with Crippen molar-refractivity contribution < 1.29 is 14.3 Å². The van der Waals surface area contributed by atoms with Gasteiger partial charge in [-0.2, -0.15) is 0 Å². The number of thioether (sulfide) groups is 1. The Balaban J connectivity index is 1.45. The van der Waals surface area contributed by atoms with Crippen LogP contribution in [0.4, 0.5) is 0 Å². The molecule has 0 spiro atoms. The van der Waals surface area contributed by atoms with Gasteiger partial charge in [0.05, 0.1) is 5.75 Å². The van der Waals surface area contributed by atoms with Crippen LogP contribution >= 0.6 is 35.0 Å². The van der Waals surface area contributed by atoms with Gasteiger partial charge in [0.2, 0.25) is 5.91 Å². The number of amides is 2. The molecule has 1 aromatic heterocycles. The first-order valence-corrected chi connectivity index (χ1v) is 10.4. The van der Waals surface area contributed by atoms with Crippen LogP contribution in [0.25, 0.3) is 0 Å². The molecule has 3 rings (SSSR count). The first-order valence-electron chi connectivity index (χ1n) is 8.66. The van der Waals surface area contributed by atoms with Crippen LogP contribution < -0.4 is 15.6 Å². The van der Waals surface area contributed by atoms with Crippen LogP contribution in [0.15, 0.2) is 53.7 Å². The number of nitrogens with one attached hydrogen (secondary N) is 2. The largest absolute Gasteiger partial charge is 0.486 e. The summed E-state index contributed by atoms with van der Waals surface area (Å²) in [7, 11) is 1.78. The van der Waals surface area contributed by atoms with Crippen LogP contribution in [0.2, 0.25) is 10.0 Å². The van der Waals surface area contributed by atoms with Crippen molar-refractivity contribution in [3.8, 4) is 5.75 Å². The number of hydrogen-bond donors (Lipinski definition) is 2. The number of aromatic nitrogens is 3. The van der Waals surface area contributed by atoms with E-state index in [1.54, 1.807) is 60.1 Å². The van der Waals surface area contributed by atoms with E-state index in [0.717, 1.165) is 0 Å². The molecule has 0 saturated carbocycles. The molecule has 0 saturated heterocycles. The monoisotopic (exact) mass is 465 g/mol. The highest BCUT2D eigenvalue weighted by molar-refractivity contribution is 7.99. The second-order valence-electron chi connectivity index (χ2n) is 6.00. The number of nitrogens with zero attached hydrogens (tertiary/aromatic N) is 3. The van der Waals surface area contributed by atoms with E-state index in [0.29, 0.717) is 32.3 Å². The van der Waals surface area contributed by atoms with Crippen molar-refractivity contribution in [2.75, 3.05) is 5.75 Å².